The molecule has 1 aliphatic carbocycles. The first-order chi connectivity index (χ1) is 5.30. The fourth-order valence-electron chi connectivity index (χ4n) is 1.35. The average Bonchev–Trinajstić information content (AvgIpc) is 2.07. The van der Waals surface area contributed by atoms with Gasteiger partial charge in [0.05, 0.1) is 6.10 Å². The van der Waals surface area contributed by atoms with Crippen molar-refractivity contribution in [1.29, 1.82) is 0 Å². The molecule has 1 nitrogen and oxygen atoms in total. The molecular formula is C9H15IO. The summed E-state index contributed by atoms with van der Waals surface area (Å²) in [6, 6.07) is 0. The molecule has 1 N–H and O–H groups in total. The first kappa shape index (κ1) is 9.52. The summed E-state index contributed by atoms with van der Waals surface area (Å²) in [4.78, 5) is 0. The molecule has 1 atom stereocenters. The largest absolute Gasteiger partial charge is 0.388 e. The number of aliphatic hydroxyl groups is 1. The van der Waals surface area contributed by atoms with Gasteiger partial charge in [0.25, 0.3) is 0 Å². The van der Waals surface area contributed by atoms with Crippen LogP contribution in [-0.4, -0.2) is 11.2 Å². The van der Waals surface area contributed by atoms with E-state index in [9.17, 15) is 5.11 Å². The quantitative estimate of drug-likeness (QED) is 0.668. The summed E-state index contributed by atoms with van der Waals surface area (Å²) in [6.45, 7) is 0. The molecule has 2 heteroatoms. The van der Waals surface area contributed by atoms with E-state index in [2.05, 4.69) is 28.7 Å². The molecule has 0 amide bonds. The van der Waals surface area contributed by atoms with Crippen LogP contribution in [0, 0.1) is 0 Å². The van der Waals surface area contributed by atoms with E-state index in [4.69, 9.17) is 0 Å². The highest BCUT2D eigenvalue weighted by molar-refractivity contribution is 14.1. The highest BCUT2D eigenvalue weighted by Crippen LogP contribution is 2.21. The van der Waals surface area contributed by atoms with Crippen LogP contribution >= 0.6 is 22.6 Å². The van der Waals surface area contributed by atoms with Gasteiger partial charge in [-0.25, -0.2) is 0 Å². The van der Waals surface area contributed by atoms with Crippen LogP contribution in [0.2, 0.25) is 0 Å². The van der Waals surface area contributed by atoms with E-state index in [0.717, 1.165) is 16.4 Å². The molecule has 0 fully saturated rings. The number of aliphatic hydroxyl groups excluding tert-OH is 1. The van der Waals surface area contributed by atoms with Crippen LogP contribution in [0.5, 0.6) is 0 Å². The van der Waals surface area contributed by atoms with Crippen LogP contribution in [-0.2, 0) is 0 Å². The third-order valence-corrected chi connectivity index (χ3v) is 3.25. The van der Waals surface area contributed by atoms with Gasteiger partial charge in [-0.2, -0.15) is 0 Å². The van der Waals surface area contributed by atoms with Gasteiger partial charge in [-0.1, -0.05) is 25.3 Å². The maximum atomic E-state index is 9.53. The van der Waals surface area contributed by atoms with Crippen molar-refractivity contribution in [3.63, 3.8) is 0 Å². The van der Waals surface area contributed by atoms with Gasteiger partial charge in [0.1, 0.15) is 0 Å². The van der Waals surface area contributed by atoms with Crippen molar-refractivity contribution in [2.75, 3.05) is 0 Å². The van der Waals surface area contributed by atoms with Gasteiger partial charge in [-0.05, 0) is 41.9 Å². The lowest BCUT2D eigenvalue weighted by atomic mass is 10.1. The number of rotatable bonds is 0. The standard InChI is InChI=1S/C9H15IO/c10-8-6-4-2-1-3-5-7-9(8)11/h6,9,11H,1-5,7H2. The van der Waals surface area contributed by atoms with Crippen molar-refractivity contribution in [2.24, 2.45) is 0 Å². The number of hydrogen-bond acceptors (Lipinski definition) is 1. The van der Waals surface area contributed by atoms with Crippen LogP contribution in [0.1, 0.15) is 38.5 Å². The summed E-state index contributed by atoms with van der Waals surface area (Å²) in [6.07, 6.45) is 9.19. The molecule has 0 heterocycles. The monoisotopic (exact) mass is 266 g/mol. The second kappa shape index (κ2) is 5.14. The molecule has 0 aromatic heterocycles. The molecular weight excluding hydrogens is 251 g/mol. The predicted octanol–water partition coefficient (Wildman–Crippen LogP) is 3.02. The van der Waals surface area contributed by atoms with Crippen LogP contribution in [0.25, 0.3) is 0 Å². The van der Waals surface area contributed by atoms with Crippen LogP contribution in [0.4, 0.5) is 0 Å². The van der Waals surface area contributed by atoms with Crippen LogP contribution < -0.4 is 0 Å². The average molecular weight is 266 g/mol. The summed E-state index contributed by atoms with van der Waals surface area (Å²) in [5, 5.41) is 9.53. The van der Waals surface area contributed by atoms with Crippen molar-refractivity contribution in [2.45, 2.75) is 44.6 Å². The van der Waals surface area contributed by atoms with Crippen molar-refractivity contribution < 1.29 is 5.11 Å². The number of hydrogen-bond donors (Lipinski definition) is 1. The van der Waals surface area contributed by atoms with Gasteiger partial charge in [0.15, 0.2) is 0 Å². The summed E-state index contributed by atoms with van der Waals surface area (Å²) >= 11 is 2.25. The Labute approximate surface area is 82.0 Å². The van der Waals surface area contributed by atoms with Gasteiger partial charge in [-0.15, -0.1) is 0 Å². The van der Waals surface area contributed by atoms with E-state index in [1.807, 2.05) is 0 Å². The Hall–Kier alpha value is 0.430. The van der Waals surface area contributed by atoms with Crippen LogP contribution in [0.15, 0.2) is 9.66 Å². The Bertz CT molecular complexity index is 142. The van der Waals surface area contributed by atoms with Crippen molar-refractivity contribution in [3.8, 4) is 0 Å². The second-order valence-corrected chi connectivity index (χ2v) is 4.34. The Balaban J connectivity index is 2.44. The summed E-state index contributed by atoms with van der Waals surface area (Å²) in [7, 11) is 0. The summed E-state index contributed by atoms with van der Waals surface area (Å²) in [5.74, 6) is 0. The minimum absolute atomic E-state index is 0.173. The minimum atomic E-state index is -0.173. The van der Waals surface area contributed by atoms with Crippen molar-refractivity contribution in [3.05, 3.63) is 9.66 Å². The zero-order valence-electron chi connectivity index (χ0n) is 6.72. The molecule has 0 bridgehead atoms. The van der Waals surface area contributed by atoms with E-state index >= 15 is 0 Å². The van der Waals surface area contributed by atoms with Gasteiger partial charge in [0.2, 0.25) is 0 Å². The predicted molar refractivity (Wildman–Crippen MR) is 55.8 cm³/mol. The van der Waals surface area contributed by atoms with Gasteiger partial charge in [0, 0.05) is 3.58 Å². The lowest BCUT2D eigenvalue weighted by molar-refractivity contribution is 0.207. The van der Waals surface area contributed by atoms with E-state index < -0.39 is 0 Å². The lowest BCUT2D eigenvalue weighted by Gasteiger charge is -2.07. The number of halogens is 1. The van der Waals surface area contributed by atoms with E-state index in [0.29, 0.717) is 0 Å². The highest BCUT2D eigenvalue weighted by Gasteiger charge is 2.08. The summed E-state index contributed by atoms with van der Waals surface area (Å²) < 4.78 is 1.14. The Morgan fingerprint density at radius 3 is 2.82 bits per heavy atom. The van der Waals surface area contributed by atoms with Crippen molar-refractivity contribution >= 4 is 22.6 Å². The summed E-state index contributed by atoms with van der Waals surface area (Å²) in [5.41, 5.74) is 0. The fraction of sp³-hybridized carbons (Fsp3) is 0.778. The van der Waals surface area contributed by atoms with E-state index in [-0.39, 0.29) is 6.10 Å². The first-order valence-electron chi connectivity index (χ1n) is 4.34. The molecule has 0 radical (unpaired) electrons. The van der Waals surface area contributed by atoms with Gasteiger partial charge in [-0.3, -0.25) is 0 Å². The maximum absolute atomic E-state index is 9.53. The third-order valence-electron chi connectivity index (χ3n) is 2.09. The van der Waals surface area contributed by atoms with Crippen LogP contribution in [0.3, 0.4) is 0 Å². The third kappa shape index (κ3) is 3.56. The molecule has 0 aromatic carbocycles. The molecule has 64 valence electrons. The Morgan fingerprint density at radius 2 is 2.00 bits per heavy atom. The molecule has 0 saturated carbocycles. The smallest absolute Gasteiger partial charge is 0.0843 e. The van der Waals surface area contributed by atoms with E-state index in [1.54, 1.807) is 0 Å². The van der Waals surface area contributed by atoms with Gasteiger partial charge < -0.3 is 5.11 Å². The molecule has 0 spiro atoms. The molecule has 0 aliphatic heterocycles. The first-order valence-corrected chi connectivity index (χ1v) is 5.42. The lowest BCUT2D eigenvalue weighted by Crippen LogP contribution is -2.05. The molecule has 1 aliphatic rings. The maximum Gasteiger partial charge on any atom is 0.0843 e. The Morgan fingerprint density at radius 1 is 1.27 bits per heavy atom. The molecule has 0 aromatic rings. The topological polar surface area (TPSA) is 20.2 Å². The highest BCUT2D eigenvalue weighted by atomic mass is 127. The van der Waals surface area contributed by atoms with Gasteiger partial charge >= 0.3 is 0 Å². The molecule has 0 saturated heterocycles. The Kier molecular flexibility index (Phi) is 4.45. The molecule has 1 rings (SSSR count). The normalized spacial score (nSPS) is 28.2. The second-order valence-electron chi connectivity index (χ2n) is 3.10. The zero-order chi connectivity index (χ0) is 8.10. The molecule has 1 unspecified atom stereocenters. The van der Waals surface area contributed by atoms with Crippen molar-refractivity contribution in [1.82, 2.24) is 0 Å². The zero-order valence-corrected chi connectivity index (χ0v) is 8.88. The van der Waals surface area contributed by atoms with E-state index in [1.165, 1.54) is 25.7 Å². The number of allylic oxidation sites excluding steroid dienone is 1. The minimum Gasteiger partial charge on any atom is -0.388 e. The molecule has 11 heavy (non-hydrogen) atoms. The SMILES string of the molecule is OC1CCCCCCC=C1I. The fourth-order valence-corrected chi connectivity index (χ4v) is 1.97.